The second kappa shape index (κ2) is 8.70. The van der Waals surface area contributed by atoms with Gasteiger partial charge in [-0.15, -0.1) is 0 Å². The van der Waals surface area contributed by atoms with Crippen molar-refractivity contribution in [2.24, 2.45) is 0 Å². The van der Waals surface area contributed by atoms with Crippen LogP contribution in [0, 0.1) is 0 Å². The molecule has 0 unspecified atom stereocenters. The van der Waals surface area contributed by atoms with Gasteiger partial charge in [-0.2, -0.15) is 0 Å². The van der Waals surface area contributed by atoms with Gasteiger partial charge in [0.15, 0.2) is 0 Å². The van der Waals surface area contributed by atoms with E-state index in [0.717, 1.165) is 32.6 Å². The van der Waals surface area contributed by atoms with Crippen molar-refractivity contribution in [2.45, 2.75) is 26.7 Å². The van der Waals surface area contributed by atoms with E-state index in [2.05, 4.69) is 17.4 Å². The summed E-state index contributed by atoms with van der Waals surface area (Å²) in [7, 11) is 0. The summed E-state index contributed by atoms with van der Waals surface area (Å²) < 4.78 is 0. The average molecular weight is 248 g/mol. The molecule has 1 fully saturated rings. The Kier molecular flexibility index (Phi) is 7.11. The number of piperazine rings is 1. The lowest BCUT2D eigenvalue weighted by molar-refractivity contribution is -0.131. The predicted octanol–water partition coefficient (Wildman–Crippen LogP) is 2.08. The van der Waals surface area contributed by atoms with Crippen LogP contribution in [0.3, 0.4) is 0 Å². The van der Waals surface area contributed by atoms with Gasteiger partial charge in [0.25, 0.3) is 0 Å². The number of hydrogen-bond donors (Lipinski definition) is 1. The first kappa shape index (κ1) is 14.7. The van der Waals surface area contributed by atoms with E-state index in [4.69, 9.17) is 0 Å². The van der Waals surface area contributed by atoms with Gasteiger partial charge in [-0.25, -0.2) is 0 Å². The van der Waals surface area contributed by atoms with Crippen LogP contribution in [0.1, 0.15) is 25.8 Å². The highest BCUT2D eigenvalue weighted by molar-refractivity contribution is 5.76. The molecule has 1 N–H and O–H groups in total. The van der Waals surface area contributed by atoms with Crippen molar-refractivity contribution in [1.29, 1.82) is 0 Å². The number of aryl methyl sites for hydroxylation is 1. The monoisotopic (exact) mass is 248 g/mol. The molecule has 100 valence electrons. The number of amides is 1. The predicted molar refractivity (Wildman–Crippen MR) is 75.6 cm³/mol. The van der Waals surface area contributed by atoms with E-state index in [9.17, 15) is 4.79 Å². The van der Waals surface area contributed by atoms with Crippen LogP contribution >= 0.6 is 0 Å². The number of nitrogens with one attached hydrogen (secondary N) is 1. The zero-order valence-corrected chi connectivity index (χ0v) is 11.5. The molecule has 0 bridgehead atoms. The molecule has 3 nitrogen and oxygen atoms in total. The molecule has 1 amide bonds. The van der Waals surface area contributed by atoms with Crippen LogP contribution in [0.4, 0.5) is 0 Å². The highest BCUT2D eigenvalue weighted by atomic mass is 16.2. The fourth-order valence-corrected chi connectivity index (χ4v) is 1.97. The summed E-state index contributed by atoms with van der Waals surface area (Å²) in [5.74, 6) is 0.283. The molecule has 0 spiro atoms. The molecular formula is C15H24N2O. The minimum absolute atomic E-state index is 0.283. The van der Waals surface area contributed by atoms with Gasteiger partial charge in [0.1, 0.15) is 0 Å². The van der Waals surface area contributed by atoms with Gasteiger partial charge in [-0.05, 0) is 12.0 Å². The van der Waals surface area contributed by atoms with E-state index in [1.807, 2.05) is 36.9 Å². The SMILES string of the molecule is CC.O=C(CCc1ccccc1)N1CCNCC1. The highest BCUT2D eigenvalue weighted by Crippen LogP contribution is 2.05. The molecule has 0 saturated carbocycles. The molecule has 2 rings (SSSR count). The summed E-state index contributed by atoms with van der Waals surface area (Å²) in [6, 6.07) is 10.2. The molecule has 18 heavy (non-hydrogen) atoms. The Morgan fingerprint density at radius 3 is 2.39 bits per heavy atom. The van der Waals surface area contributed by atoms with Crippen LogP contribution in [0.2, 0.25) is 0 Å². The second-order valence-corrected chi connectivity index (χ2v) is 4.12. The van der Waals surface area contributed by atoms with Crippen molar-refractivity contribution in [3.05, 3.63) is 35.9 Å². The summed E-state index contributed by atoms with van der Waals surface area (Å²) in [5.41, 5.74) is 1.24. The maximum Gasteiger partial charge on any atom is 0.222 e. The summed E-state index contributed by atoms with van der Waals surface area (Å²) in [5, 5.41) is 3.25. The van der Waals surface area contributed by atoms with Crippen molar-refractivity contribution < 1.29 is 4.79 Å². The van der Waals surface area contributed by atoms with Gasteiger partial charge >= 0.3 is 0 Å². The van der Waals surface area contributed by atoms with E-state index >= 15 is 0 Å². The first-order valence-corrected chi connectivity index (χ1v) is 6.89. The van der Waals surface area contributed by atoms with Crippen LogP contribution < -0.4 is 5.32 Å². The smallest absolute Gasteiger partial charge is 0.222 e. The number of rotatable bonds is 3. The highest BCUT2D eigenvalue weighted by Gasteiger charge is 2.15. The fraction of sp³-hybridized carbons (Fsp3) is 0.533. The molecule has 0 radical (unpaired) electrons. The van der Waals surface area contributed by atoms with Gasteiger partial charge in [-0.1, -0.05) is 44.2 Å². The van der Waals surface area contributed by atoms with Crippen molar-refractivity contribution in [2.75, 3.05) is 26.2 Å². The zero-order valence-electron chi connectivity index (χ0n) is 11.5. The lowest BCUT2D eigenvalue weighted by Crippen LogP contribution is -2.46. The topological polar surface area (TPSA) is 32.3 Å². The Morgan fingerprint density at radius 1 is 1.17 bits per heavy atom. The Labute approximate surface area is 110 Å². The minimum atomic E-state index is 0.283. The molecule has 1 aliphatic heterocycles. The van der Waals surface area contributed by atoms with Crippen molar-refractivity contribution in [3.8, 4) is 0 Å². The van der Waals surface area contributed by atoms with E-state index in [-0.39, 0.29) is 5.91 Å². The zero-order chi connectivity index (χ0) is 13.2. The quantitative estimate of drug-likeness (QED) is 0.888. The van der Waals surface area contributed by atoms with E-state index in [1.54, 1.807) is 0 Å². The van der Waals surface area contributed by atoms with Gasteiger partial charge < -0.3 is 10.2 Å². The molecule has 1 saturated heterocycles. The summed E-state index contributed by atoms with van der Waals surface area (Å²) in [4.78, 5) is 13.8. The largest absolute Gasteiger partial charge is 0.340 e. The van der Waals surface area contributed by atoms with Gasteiger partial charge in [-0.3, -0.25) is 4.79 Å². The third-order valence-electron chi connectivity index (χ3n) is 2.94. The van der Waals surface area contributed by atoms with Crippen LogP contribution in [0.5, 0.6) is 0 Å². The number of carbonyl (C=O) groups is 1. The number of benzene rings is 1. The Morgan fingerprint density at radius 2 is 1.78 bits per heavy atom. The first-order valence-electron chi connectivity index (χ1n) is 6.89. The third-order valence-corrected chi connectivity index (χ3v) is 2.94. The molecule has 1 aliphatic rings. The first-order chi connectivity index (χ1) is 8.86. The van der Waals surface area contributed by atoms with Crippen LogP contribution in [-0.4, -0.2) is 37.0 Å². The molecular weight excluding hydrogens is 224 g/mol. The maximum atomic E-state index is 11.9. The average Bonchev–Trinajstić information content (AvgIpc) is 2.49. The number of hydrogen-bond acceptors (Lipinski definition) is 2. The van der Waals surface area contributed by atoms with Gasteiger partial charge in [0.05, 0.1) is 0 Å². The lowest BCUT2D eigenvalue weighted by atomic mass is 10.1. The molecule has 1 aromatic rings. The number of nitrogens with zero attached hydrogens (tertiary/aromatic N) is 1. The van der Waals surface area contributed by atoms with Crippen LogP contribution in [0.15, 0.2) is 30.3 Å². The van der Waals surface area contributed by atoms with Gasteiger partial charge in [0, 0.05) is 32.6 Å². The summed E-state index contributed by atoms with van der Waals surface area (Å²) in [6.45, 7) is 7.56. The molecule has 1 heterocycles. The molecule has 3 heteroatoms. The summed E-state index contributed by atoms with van der Waals surface area (Å²) >= 11 is 0. The second-order valence-electron chi connectivity index (χ2n) is 4.12. The Balaban J connectivity index is 0.000000771. The minimum Gasteiger partial charge on any atom is -0.340 e. The van der Waals surface area contributed by atoms with E-state index in [0.29, 0.717) is 6.42 Å². The van der Waals surface area contributed by atoms with E-state index < -0.39 is 0 Å². The van der Waals surface area contributed by atoms with Crippen molar-refractivity contribution in [3.63, 3.8) is 0 Å². The normalized spacial score (nSPS) is 14.7. The molecule has 1 aromatic carbocycles. The Bertz CT molecular complexity index is 332. The van der Waals surface area contributed by atoms with E-state index in [1.165, 1.54) is 5.56 Å². The molecule has 0 aliphatic carbocycles. The van der Waals surface area contributed by atoms with Crippen LogP contribution in [-0.2, 0) is 11.2 Å². The molecule has 0 atom stereocenters. The summed E-state index contributed by atoms with van der Waals surface area (Å²) in [6.07, 6.45) is 1.48. The Hall–Kier alpha value is -1.35. The molecule has 0 aromatic heterocycles. The van der Waals surface area contributed by atoms with Crippen molar-refractivity contribution in [1.82, 2.24) is 10.2 Å². The number of carbonyl (C=O) groups excluding carboxylic acids is 1. The fourth-order valence-electron chi connectivity index (χ4n) is 1.97. The third kappa shape index (κ3) is 4.88. The van der Waals surface area contributed by atoms with Gasteiger partial charge in [0.2, 0.25) is 5.91 Å². The van der Waals surface area contributed by atoms with Crippen molar-refractivity contribution >= 4 is 5.91 Å². The standard InChI is InChI=1S/C13H18N2O.C2H6/c16-13(15-10-8-14-9-11-15)7-6-12-4-2-1-3-5-12;1-2/h1-5,14H,6-11H2;1-2H3. The maximum absolute atomic E-state index is 11.9. The lowest BCUT2D eigenvalue weighted by Gasteiger charge is -2.27. The van der Waals surface area contributed by atoms with Crippen LogP contribution in [0.25, 0.3) is 0 Å².